The van der Waals surface area contributed by atoms with E-state index in [-0.39, 0.29) is 12.8 Å². The van der Waals surface area contributed by atoms with Crippen LogP contribution in [0.4, 0.5) is 10.5 Å². The normalized spacial score (nSPS) is 14.1. The Hall–Kier alpha value is -2.40. The minimum absolute atomic E-state index is 0.0941. The van der Waals surface area contributed by atoms with Crippen LogP contribution in [0.5, 0.6) is 5.75 Å². The Kier molecular flexibility index (Phi) is 6.82. The van der Waals surface area contributed by atoms with Crippen LogP contribution in [0.25, 0.3) is 0 Å². The maximum Gasteiger partial charge on any atom is 0.320 e. The summed E-state index contributed by atoms with van der Waals surface area (Å²) in [5.74, 6) is 0.765. The lowest BCUT2D eigenvalue weighted by Crippen LogP contribution is -2.52. The van der Waals surface area contributed by atoms with Gasteiger partial charge in [0.1, 0.15) is 5.75 Å². The van der Waals surface area contributed by atoms with Crippen molar-refractivity contribution in [3.05, 3.63) is 59.1 Å². The first kappa shape index (κ1) is 19.4. The average molecular weight is 388 g/mol. The first-order valence-electron chi connectivity index (χ1n) is 9.40. The summed E-state index contributed by atoms with van der Waals surface area (Å²) < 4.78 is 5.62. The molecule has 3 rings (SSSR count). The van der Waals surface area contributed by atoms with Gasteiger partial charge >= 0.3 is 6.03 Å². The lowest BCUT2D eigenvalue weighted by atomic mass is 10.1. The summed E-state index contributed by atoms with van der Waals surface area (Å²) in [6.07, 6.45) is 2.19. The van der Waals surface area contributed by atoms with Gasteiger partial charge in [0.2, 0.25) is 0 Å². The summed E-state index contributed by atoms with van der Waals surface area (Å²) in [5.41, 5.74) is 2.39. The standard InChI is InChI=1S/C21H26ClN3O2/c1-2-4-17-7-9-20(10-8-17)27-16-23-21(26)25-13-11-24(12-14-25)19-6-3-5-18(22)15-19/h3,5-10,15H,2,4,11-14,16H2,1H3,(H,23,26). The predicted molar refractivity (Wildman–Crippen MR) is 110 cm³/mol. The molecule has 0 bridgehead atoms. The lowest BCUT2D eigenvalue weighted by Gasteiger charge is -2.36. The monoisotopic (exact) mass is 387 g/mol. The summed E-state index contributed by atoms with van der Waals surface area (Å²) in [7, 11) is 0. The van der Waals surface area contributed by atoms with Gasteiger partial charge < -0.3 is 19.9 Å². The summed E-state index contributed by atoms with van der Waals surface area (Å²) >= 11 is 6.06. The van der Waals surface area contributed by atoms with Crippen molar-refractivity contribution in [1.82, 2.24) is 10.2 Å². The van der Waals surface area contributed by atoms with Gasteiger partial charge in [-0.25, -0.2) is 4.79 Å². The van der Waals surface area contributed by atoms with Crippen molar-refractivity contribution in [3.63, 3.8) is 0 Å². The van der Waals surface area contributed by atoms with Crippen LogP contribution in [-0.2, 0) is 6.42 Å². The van der Waals surface area contributed by atoms with Crippen molar-refractivity contribution < 1.29 is 9.53 Å². The highest BCUT2D eigenvalue weighted by molar-refractivity contribution is 6.30. The molecule has 0 aliphatic carbocycles. The molecule has 0 spiro atoms. The summed E-state index contributed by atoms with van der Waals surface area (Å²) in [6.45, 7) is 5.24. The SMILES string of the molecule is CCCc1ccc(OCNC(=O)N2CCN(c3cccc(Cl)c3)CC2)cc1. The summed E-state index contributed by atoms with van der Waals surface area (Å²) in [4.78, 5) is 16.4. The number of rotatable bonds is 6. The molecule has 0 radical (unpaired) electrons. The largest absolute Gasteiger partial charge is 0.473 e. The third-order valence-corrected chi connectivity index (χ3v) is 4.90. The second kappa shape index (κ2) is 9.51. The Morgan fingerprint density at radius 2 is 1.85 bits per heavy atom. The number of anilines is 1. The number of hydrogen-bond acceptors (Lipinski definition) is 3. The molecule has 1 aliphatic rings. The summed E-state index contributed by atoms with van der Waals surface area (Å²) in [5, 5.41) is 3.56. The first-order valence-corrected chi connectivity index (χ1v) is 9.78. The molecule has 0 aromatic heterocycles. The van der Waals surface area contributed by atoms with E-state index in [1.54, 1.807) is 0 Å². The van der Waals surface area contributed by atoms with Gasteiger partial charge in [-0.15, -0.1) is 0 Å². The van der Waals surface area contributed by atoms with Crippen LogP contribution in [0.2, 0.25) is 5.02 Å². The van der Waals surface area contributed by atoms with E-state index in [4.69, 9.17) is 16.3 Å². The second-order valence-corrected chi connectivity index (χ2v) is 7.05. The smallest absolute Gasteiger partial charge is 0.320 e. The van der Waals surface area contributed by atoms with Crippen LogP contribution in [0.3, 0.4) is 0 Å². The molecule has 1 fully saturated rings. The van der Waals surface area contributed by atoms with Crippen LogP contribution < -0.4 is 15.0 Å². The number of urea groups is 1. The molecule has 5 nitrogen and oxygen atoms in total. The van der Waals surface area contributed by atoms with Crippen molar-refractivity contribution >= 4 is 23.3 Å². The Labute approximate surface area is 165 Å². The van der Waals surface area contributed by atoms with Crippen LogP contribution in [0, 0.1) is 0 Å². The van der Waals surface area contributed by atoms with Gasteiger partial charge in [0, 0.05) is 36.9 Å². The molecule has 0 unspecified atom stereocenters. The fraction of sp³-hybridized carbons (Fsp3) is 0.381. The molecule has 6 heteroatoms. The van der Waals surface area contributed by atoms with Gasteiger partial charge in [-0.05, 0) is 42.3 Å². The predicted octanol–water partition coefficient (Wildman–Crippen LogP) is 4.16. The fourth-order valence-corrected chi connectivity index (χ4v) is 3.36. The van der Waals surface area contributed by atoms with E-state index < -0.39 is 0 Å². The number of hydrogen-bond donors (Lipinski definition) is 1. The van der Waals surface area contributed by atoms with Crippen LogP contribution >= 0.6 is 11.6 Å². The average Bonchev–Trinajstić information content (AvgIpc) is 2.69. The van der Waals surface area contributed by atoms with Crippen molar-refractivity contribution in [2.24, 2.45) is 0 Å². The van der Waals surface area contributed by atoms with Crippen molar-refractivity contribution in [3.8, 4) is 5.75 Å². The molecule has 1 aliphatic heterocycles. The Balaban J connectivity index is 1.40. The van der Waals surface area contributed by atoms with E-state index in [1.807, 2.05) is 41.3 Å². The Bertz CT molecular complexity index is 743. The number of nitrogens with zero attached hydrogens (tertiary/aromatic N) is 2. The number of benzene rings is 2. The molecule has 2 aromatic carbocycles. The van der Waals surface area contributed by atoms with Crippen LogP contribution in [0.15, 0.2) is 48.5 Å². The van der Waals surface area contributed by atoms with Gasteiger partial charge in [-0.2, -0.15) is 0 Å². The molecule has 0 saturated carbocycles. The van der Waals surface area contributed by atoms with E-state index in [2.05, 4.69) is 29.3 Å². The molecular formula is C21H26ClN3O2. The van der Waals surface area contributed by atoms with E-state index in [0.29, 0.717) is 13.1 Å². The first-order chi connectivity index (χ1) is 13.2. The zero-order chi connectivity index (χ0) is 19.1. The zero-order valence-electron chi connectivity index (χ0n) is 15.7. The van der Waals surface area contributed by atoms with E-state index >= 15 is 0 Å². The molecule has 27 heavy (non-hydrogen) atoms. The van der Waals surface area contributed by atoms with Gasteiger partial charge in [0.25, 0.3) is 0 Å². The molecule has 0 atom stereocenters. The highest BCUT2D eigenvalue weighted by Gasteiger charge is 2.21. The number of ether oxygens (including phenoxy) is 1. The maximum atomic E-state index is 12.3. The fourth-order valence-electron chi connectivity index (χ4n) is 3.17. The Morgan fingerprint density at radius 3 is 2.52 bits per heavy atom. The number of halogens is 1. The number of aryl methyl sites for hydroxylation is 1. The quantitative estimate of drug-likeness (QED) is 0.757. The molecular weight excluding hydrogens is 362 g/mol. The highest BCUT2D eigenvalue weighted by Crippen LogP contribution is 2.20. The van der Waals surface area contributed by atoms with Gasteiger partial charge in [-0.3, -0.25) is 0 Å². The highest BCUT2D eigenvalue weighted by atomic mass is 35.5. The van der Waals surface area contributed by atoms with Crippen LogP contribution in [0.1, 0.15) is 18.9 Å². The second-order valence-electron chi connectivity index (χ2n) is 6.62. The Morgan fingerprint density at radius 1 is 1.11 bits per heavy atom. The molecule has 1 saturated heterocycles. The molecule has 2 aromatic rings. The minimum Gasteiger partial charge on any atom is -0.473 e. The van der Waals surface area contributed by atoms with Gasteiger partial charge in [0.05, 0.1) is 0 Å². The van der Waals surface area contributed by atoms with Gasteiger partial charge in [0.15, 0.2) is 6.73 Å². The third-order valence-electron chi connectivity index (χ3n) is 4.66. The number of nitrogens with one attached hydrogen (secondary N) is 1. The maximum absolute atomic E-state index is 12.3. The third kappa shape index (κ3) is 5.54. The van der Waals surface area contributed by atoms with Gasteiger partial charge in [-0.1, -0.05) is 43.1 Å². The van der Waals surface area contributed by atoms with Crippen LogP contribution in [-0.4, -0.2) is 43.8 Å². The molecule has 1 N–H and O–H groups in total. The van der Waals surface area contributed by atoms with E-state index in [9.17, 15) is 4.79 Å². The number of amides is 2. The minimum atomic E-state index is -0.0941. The van der Waals surface area contributed by atoms with E-state index in [0.717, 1.165) is 42.4 Å². The number of piperazine rings is 1. The molecule has 144 valence electrons. The number of carbonyl (C=O) groups is 1. The van der Waals surface area contributed by atoms with Crippen molar-refractivity contribution in [1.29, 1.82) is 0 Å². The topological polar surface area (TPSA) is 44.8 Å². The van der Waals surface area contributed by atoms with E-state index in [1.165, 1.54) is 5.56 Å². The summed E-state index contributed by atoms with van der Waals surface area (Å²) in [6, 6.07) is 15.7. The van der Waals surface area contributed by atoms with Crippen molar-refractivity contribution in [2.75, 3.05) is 37.8 Å². The number of carbonyl (C=O) groups excluding carboxylic acids is 1. The molecule has 2 amide bonds. The zero-order valence-corrected chi connectivity index (χ0v) is 16.4. The molecule has 1 heterocycles. The van der Waals surface area contributed by atoms with Crippen molar-refractivity contribution in [2.45, 2.75) is 19.8 Å². The lowest BCUT2D eigenvalue weighted by molar-refractivity contribution is 0.181.